The topological polar surface area (TPSA) is 109 Å². The number of hydrogen-bond acceptors (Lipinski definition) is 7. The quantitative estimate of drug-likeness (QED) is 0.601. The summed E-state index contributed by atoms with van der Waals surface area (Å²) in [7, 11) is -3.37. The summed E-state index contributed by atoms with van der Waals surface area (Å²) >= 11 is 0. The first-order valence-corrected chi connectivity index (χ1v) is 12.6. The molecule has 0 aromatic carbocycles. The minimum absolute atomic E-state index is 0.183. The van der Waals surface area contributed by atoms with Crippen LogP contribution >= 0.6 is 0 Å². The van der Waals surface area contributed by atoms with Crippen LogP contribution in [0.15, 0.2) is 35.6 Å². The van der Waals surface area contributed by atoms with Gasteiger partial charge in [0.2, 0.25) is 5.95 Å². The molecule has 9 heteroatoms. The number of nitrogens with one attached hydrogen (secondary N) is 1. The molecule has 166 valence electrons. The third kappa shape index (κ3) is 4.57. The fraction of sp³-hybridized carbons (Fsp3) is 0.500. The van der Waals surface area contributed by atoms with Gasteiger partial charge in [0.15, 0.2) is 9.84 Å². The van der Waals surface area contributed by atoms with E-state index in [1.54, 1.807) is 18.5 Å². The fourth-order valence-electron chi connectivity index (χ4n) is 4.07. The monoisotopic (exact) mass is 443 g/mol. The van der Waals surface area contributed by atoms with E-state index in [4.69, 9.17) is 5.10 Å². The molecular formula is C22H29N5O3S. The Labute approximate surface area is 182 Å². The average molecular weight is 444 g/mol. The van der Waals surface area contributed by atoms with Gasteiger partial charge in [-0.2, -0.15) is 0 Å². The second-order valence-electron chi connectivity index (χ2n) is 8.50. The van der Waals surface area contributed by atoms with Gasteiger partial charge in [0.25, 0.3) is 0 Å². The highest BCUT2D eigenvalue weighted by atomic mass is 32.2. The van der Waals surface area contributed by atoms with Crippen LogP contribution in [-0.4, -0.2) is 51.5 Å². The molecule has 0 amide bonds. The molecule has 4 rings (SSSR count). The predicted molar refractivity (Wildman–Crippen MR) is 120 cm³/mol. The summed E-state index contributed by atoms with van der Waals surface area (Å²) in [4.78, 5) is 8.84. The van der Waals surface area contributed by atoms with E-state index in [0.717, 1.165) is 48.9 Å². The van der Waals surface area contributed by atoms with E-state index in [1.807, 2.05) is 4.52 Å². The van der Waals surface area contributed by atoms with Crippen LogP contribution in [0.2, 0.25) is 0 Å². The Hall–Kier alpha value is -2.52. The number of pyridine rings is 1. The summed E-state index contributed by atoms with van der Waals surface area (Å²) in [5, 5.41) is 18.0. The van der Waals surface area contributed by atoms with Gasteiger partial charge in [0.05, 0.1) is 22.7 Å². The van der Waals surface area contributed by atoms with E-state index in [9.17, 15) is 13.5 Å². The van der Waals surface area contributed by atoms with Crippen molar-refractivity contribution in [2.75, 3.05) is 11.6 Å². The molecule has 0 radical (unpaired) electrons. The zero-order valence-electron chi connectivity index (χ0n) is 18.1. The van der Waals surface area contributed by atoms with Crippen molar-refractivity contribution >= 4 is 21.3 Å². The van der Waals surface area contributed by atoms with Crippen LogP contribution in [0.25, 0.3) is 16.6 Å². The van der Waals surface area contributed by atoms with Crippen LogP contribution in [0.3, 0.4) is 0 Å². The van der Waals surface area contributed by atoms with E-state index < -0.39 is 9.84 Å². The van der Waals surface area contributed by atoms with Gasteiger partial charge in [-0.3, -0.25) is 4.98 Å². The van der Waals surface area contributed by atoms with Crippen LogP contribution in [0.5, 0.6) is 0 Å². The molecule has 3 aromatic rings. The molecule has 31 heavy (non-hydrogen) atoms. The third-order valence-electron chi connectivity index (χ3n) is 6.10. The maximum Gasteiger partial charge on any atom is 0.241 e. The average Bonchev–Trinajstić information content (AvgIpc) is 3.12. The summed E-state index contributed by atoms with van der Waals surface area (Å²) in [5.41, 5.74) is 3.43. The van der Waals surface area contributed by atoms with Gasteiger partial charge in [-0.05, 0) is 51.2 Å². The molecule has 3 aromatic heterocycles. The molecule has 0 spiro atoms. The van der Waals surface area contributed by atoms with Crippen molar-refractivity contribution in [2.24, 2.45) is 0 Å². The lowest BCUT2D eigenvalue weighted by Crippen LogP contribution is -2.19. The number of fused-ring (bicyclic) bond motifs is 1. The highest BCUT2D eigenvalue weighted by molar-refractivity contribution is 7.90. The Bertz CT molecular complexity index is 1180. The van der Waals surface area contributed by atoms with E-state index in [2.05, 4.69) is 35.2 Å². The lowest BCUT2D eigenvalue weighted by atomic mass is 9.85. The molecule has 1 saturated carbocycles. The molecule has 3 heterocycles. The largest absolute Gasteiger partial charge is 0.393 e. The van der Waals surface area contributed by atoms with Gasteiger partial charge in [-0.1, -0.05) is 6.92 Å². The molecule has 8 nitrogen and oxygen atoms in total. The van der Waals surface area contributed by atoms with Gasteiger partial charge in [-0.25, -0.2) is 17.9 Å². The van der Waals surface area contributed by atoms with Crippen LogP contribution in [-0.2, 0) is 9.84 Å². The standard InChI is InChI=1S/C22H29N5O3S/c1-4-14(2)25-22-24-13-21-19(16-9-18(12-23-11-16)31(3,29)30)10-20(27(21)26-22)15-5-7-17(28)8-6-15/h9-15,17,28H,4-8H2,1-3H3,(H,25,26)/t14-,15-,17+/m0/s1. The Balaban J connectivity index is 1.84. The molecule has 1 aliphatic carbocycles. The molecule has 0 saturated heterocycles. The number of hydrogen-bond donors (Lipinski definition) is 2. The van der Waals surface area contributed by atoms with Crippen LogP contribution in [0, 0.1) is 0 Å². The number of rotatable bonds is 6. The molecular weight excluding hydrogens is 414 g/mol. The minimum Gasteiger partial charge on any atom is -0.393 e. The number of nitrogens with zero attached hydrogens (tertiary/aromatic N) is 4. The second-order valence-corrected chi connectivity index (χ2v) is 10.5. The lowest BCUT2D eigenvalue weighted by Gasteiger charge is -2.25. The van der Waals surface area contributed by atoms with Crippen molar-refractivity contribution in [2.45, 2.75) is 68.9 Å². The van der Waals surface area contributed by atoms with Crippen molar-refractivity contribution in [1.29, 1.82) is 0 Å². The molecule has 1 aliphatic rings. The third-order valence-corrected chi connectivity index (χ3v) is 7.18. The van der Waals surface area contributed by atoms with Crippen molar-refractivity contribution in [1.82, 2.24) is 19.6 Å². The minimum atomic E-state index is -3.37. The molecule has 1 atom stereocenters. The van der Waals surface area contributed by atoms with Gasteiger partial charge < -0.3 is 10.4 Å². The van der Waals surface area contributed by atoms with E-state index in [0.29, 0.717) is 11.5 Å². The summed E-state index contributed by atoms with van der Waals surface area (Å²) < 4.78 is 26.0. The Morgan fingerprint density at radius 3 is 2.61 bits per heavy atom. The zero-order valence-corrected chi connectivity index (χ0v) is 18.9. The molecule has 0 aliphatic heterocycles. The number of sulfone groups is 1. The predicted octanol–water partition coefficient (Wildman–Crippen LogP) is 3.42. The SMILES string of the molecule is CC[C@H](C)Nc1ncc2c(-c3cncc(S(C)(=O)=O)c3)cc([C@H]3CC[C@@H](O)CC3)n2n1. The molecule has 0 unspecified atom stereocenters. The number of aliphatic hydroxyl groups excluding tert-OH is 1. The summed E-state index contributed by atoms with van der Waals surface area (Å²) in [6.45, 7) is 4.19. The maximum atomic E-state index is 12.0. The number of aromatic nitrogens is 4. The zero-order chi connectivity index (χ0) is 22.2. The normalized spacial score (nSPS) is 20.6. The Morgan fingerprint density at radius 2 is 1.94 bits per heavy atom. The summed E-state index contributed by atoms with van der Waals surface area (Å²) in [6, 6.07) is 3.97. The van der Waals surface area contributed by atoms with Crippen molar-refractivity contribution in [3.05, 3.63) is 36.4 Å². The van der Waals surface area contributed by atoms with Crippen molar-refractivity contribution in [3.8, 4) is 11.1 Å². The van der Waals surface area contributed by atoms with Crippen LogP contribution < -0.4 is 5.32 Å². The van der Waals surface area contributed by atoms with E-state index >= 15 is 0 Å². The van der Waals surface area contributed by atoms with Crippen molar-refractivity contribution in [3.63, 3.8) is 0 Å². The molecule has 1 fully saturated rings. The lowest BCUT2D eigenvalue weighted by molar-refractivity contribution is 0.121. The summed E-state index contributed by atoms with van der Waals surface area (Å²) in [5.74, 6) is 0.825. The van der Waals surface area contributed by atoms with Gasteiger partial charge >= 0.3 is 0 Å². The Morgan fingerprint density at radius 1 is 1.19 bits per heavy atom. The van der Waals surface area contributed by atoms with Crippen LogP contribution in [0.4, 0.5) is 5.95 Å². The highest BCUT2D eigenvalue weighted by Gasteiger charge is 2.26. The van der Waals surface area contributed by atoms with E-state index in [1.165, 1.54) is 12.5 Å². The smallest absolute Gasteiger partial charge is 0.241 e. The van der Waals surface area contributed by atoms with Gasteiger partial charge in [0.1, 0.15) is 0 Å². The molecule has 0 bridgehead atoms. The summed E-state index contributed by atoms with van der Waals surface area (Å²) in [6.07, 6.45) is 10.0. The van der Waals surface area contributed by atoms with Gasteiger partial charge in [0, 0.05) is 47.4 Å². The Kier molecular flexibility index (Phi) is 5.98. The molecule has 2 N–H and O–H groups in total. The van der Waals surface area contributed by atoms with Crippen LogP contribution in [0.1, 0.15) is 57.6 Å². The second kappa shape index (κ2) is 8.55. The fourth-order valence-corrected chi connectivity index (χ4v) is 4.66. The van der Waals surface area contributed by atoms with Gasteiger partial charge in [-0.15, -0.1) is 5.10 Å². The first kappa shape index (κ1) is 21.7. The highest BCUT2D eigenvalue weighted by Crippen LogP contribution is 2.37. The first-order chi connectivity index (χ1) is 14.8. The number of anilines is 1. The van der Waals surface area contributed by atoms with E-state index in [-0.39, 0.29) is 23.0 Å². The number of aliphatic hydroxyl groups is 1. The maximum absolute atomic E-state index is 12.0. The first-order valence-electron chi connectivity index (χ1n) is 10.7. The van der Waals surface area contributed by atoms with Crippen molar-refractivity contribution < 1.29 is 13.5 Å².